The molecule has 1 aliphatic rings. The zero-order chi connectivity index (χ0) is 18.6. The first kappa shape index (κ1) is 17.8. The van der Waals surface area contributed by atoms with Gasteiger partial charge in [0.1, 0.15) is 0 Å². The topological polar surface area (TPSA) is 47.4 Å². The molecule has 1 fully saturated rings. The Balaban J connectivity index is 1.52. The van der Waals surface area contributed by atoms with Gasteiger partial charge in [-0.05, 0) is 29.8 Å². The molecule has 4 rings (SSSR count). The number of carbonyl (C=O) groups excluding carboxylic acids is 1. The highest BCUT2D eigenvalue weighted by Crippen LogP contribution is 2.21. The predicted octanol–water partition coefficient (Wildman–Crippen LogP) is 3.61. The highest BCUT2D eigenvalue weighted by atomic mass is 35.5. The summed E-state index contributed by atoms with van der Waals surface area (Å²) in [6.07, 6.45) is 4.16. The number of para-hydroxylation sites is 1. The molecule has 1 atom stereocenters. The number of benzene rings is 2. The van der Waals surface area contributed by atoms with Crippen LogP contribution < -0.4 is 0 Å². The normalized spacial score (nSPS) is 17.1. The molecule has 0 N–H and O–H groups in total. The second kappa shape index (κ2) is 7.94. The van der Waals surface area contributed by atoms with Gasteiger partial charge in [-0.25, -0.2) is 4.68 Å². The Bertz CT molecular complexity index is 927. The summed E-state index contributed by atoms with van der Waals surface area (Å²) >= 11 is 6.27. The first-order valence-corrected chi connectivity index (χ1v) is 9.33. The fourth-order valence-electron chi connectivity index (χ4n) is 3.37. The maximum absolute atomic E-state index is 13.2. The minimum Gasteiger partial charge on any atom is -0.374 e. The first-order chi connectivity index (χ1) is 13.2. The Morgan fingerprint density at radius 2 is 1.96 bits per heavy atom. The summed E-state index contributed by atoms with van der Waals surface area (Å²) in [5.74, 6) is -0.00596. The third-order valence-electron chi connectivity index (χ3n) is 4.72. The van der Waals surface area contributed by atoms with Crippen LogP contribution in [0.15, 0.2) is 67.0 Å². The van der Waals surface area contributed by atoms with Crippen LogP contribution in [0, 0.1) is 0 Å². The van der Waals surface area contributed by atoms with E-state index in [9.17, 15) is 4.79 Å². The number of hydrogen-bond donors (Lipinski definition) is 0. The lowest BCUT2D eigenvalue weighted by molar-refractivity contribution is -0.0208. The summed E-state index contributed by atoms with van der Waals surface area (Å²) in [4.78, 5) is 15.0. The molecule has 0 radical (unpaired) electrons. The molecular formula is C21H20ClN3O2. The van der Waals surface area contributed by atoms with Gasteiger partial charge in [0.15, 0.2) is 0 Å². The molecule has 1 saturated heterocycles. The summed E-state index contributed by atoms with van der Waals surface area (Å²) in [7, 11) is 0. The number of ether oxygens (including phenoxy) is 1. The fraction of sp³-hybridized carbons (Fsp3) is 0.238. The van der Waals surface area contributed by atoms with Gasteiger partial charge in [-0.1, -0.05) is 41.9 Å². The van der Waals surface area contributed by atoms with Crippen LogP contribution in [0.1, 0.15) is 15.9 Å². The Morgan fingerprint density at radius 1 is 1.15 bits per heavy atom. The highest BCUT2D eigenvalue weighted by molar-refractivity contribution is 6.31. The van der Waals surface area contributed by atoms with Crippen molar-refractivity contribution in [1.29, 1.82) is 0 Å². The number of nitrogens with zero attached hydrogens (tertiary/aromatic N) is 3. The van der Waals surface area contributed by atoms with Gasteiger partial charge in [0, 0.05) is 36.9 Å². The molecule has 6 heteroatoms. The van der Waals surface area contributed by atoms with Crippen molar-refractivity contribution in [3.63, 3.8) is 0 Å². The fourth-order valence-corrected chi connectivity index (χ4v) is 3.59. The number of amides is 1. The van der Waals surface area contributed by atoms with Crippen molar-refractivity contribution in [2.75, 3.05) is 19.7 Å². The van der Waals surface area contributed by atoms with Gasteiger partial charge in [0.25, 0.3) is 5.91 Å². The number of halogens is 1. The van der Waals surface area contributed by atoms with Crippen LogP contribution >= 0.6 is 11.6 Å². The van der Waals surface area contributed by atoms with Gasteiger partial charge in [-0.3, -0.25) is 4.79 Å². The molecule has 0 bridgehead atoms. The lowest BCUT2D eigenvalue weighted by Gasteiger charge is -2.33. The van der Waals surface area contributed by atoms with Crippen LogP contribution in [0.2, 0.25) is 5.02 Å². The van der Waals surface area contributed by atoms with Crippen molar-refractivity contribution in [3.05, 3.63) is 83.1 Å². The Hall–Kier alpha value is -2.63. The Morgan fingerprint density at radius 3 is 2.78 bits per heavy atom. The lowest BCUT2D eigenvalue weighted by atomic mass is 10.1. The van der Waals surface area contributed by atoms with Crippen molar-refractivity contribution >= 4 is 17.5 Å². The molecule has 27 heavy (non-hydrogen) atoms. The van der Waals surface area contributed by atoms with Gasteiger partial charge in [-0.2, -0.15) is 5.10 Å². The average Bonchev–Trinajstić information content (AvgIpc) is 3.24. The van der Waals surface area contributed by atoms with Crippen molar-refractivity contribution in [2.45, 2.75) is 12.5 Å². The maximum atomic E-state index is 13.2. The SMILES string of the molecule is O=C(c1ccccc1-n1cccn1)N1CCO[C@@H](Cc2ccccc2Cl)C1. The third-order valence-corrected chi connectivity index (χ3v) is 5.09. The maximum Gasteiger partial charge on any atom is 0.256 e. The first-order valence-electron chi connectivity index (χ1n) is 8.95. The summed E-state index contributed by atoms with van der Waals surface area (Å²) in [5, 5.41) is 4.99. The second-order valence-electron chi connectivity index (χ2n) is 6.51. The van der Waals surface area contributed by atoms with E-state index in [0.29, 0.717) is 31.7 Å². The Labute approximate surface area is 163 Å². The van der Waals surface area contributed by atoms with Crippen LogP contribution in [-0.4, -0.2) is 46.4 Å². The predicted molar refractivity (Wildman–Crippen MR) is 104 cm³/mol. The van der Waals surface area contributed by atoms with Gasteiger partial charge in [0.2, 0.25) is 0 Å². The standard InChI is InChI=1S/C21H20ClN3O2/c22-19-8-3-1-6-16(19)14-17-15-24(12-13-27-17)21(26)18-7-2-4-9-20(18)25-11-5-10-23-25/h1-11,17H,12-15H2/t17-/m0/s1. The van der Waals surface area contributed by atoms with E-state index in [1.165, 1.54) is 0 Å². The number of rotatable bonds is 4. The van der Waals surface area contributed by atoms with E-state index in [1.807, 2.05) is 65.7 Å². The second-order valence-corrected chi connectivity index (χ2v) is 6.91. The van der Waals surface area contributed by atoms with E-state index in [-0.39, 0.29) is 12.0 Å². The zero-order valence-corrected chi connectivity index (χ0v) is 15.5. The number of aromatic nitrogens is 2. The monoisotopic (exact) mass is 381 g/mol. The molecule has 1 aromatic heterocycles. The van der Waals surface area contributed by atoms with Crippen molar-refractivity contribution < 1.29 is 9.53 Å². The van der Waals surface area contributed by atoms with E-state index in [0.717, 1.165) is 16.3 Å². The van der Waals surface area contributed by atoms with Crippen LogP contribution in [0.4, 0.5) is 0 Å². The molecule has 0 aliphatic carbocycles. The van der Waals surface area contributed by atoms with Crippen LogP contribution in [0.25, 0.3) is 5.69 Å². The van der Waals surface area contributed by atoms with Crippen molar-refractivity contribution in [2.24, 2.45) is 0 Å². The van der Waals surface area contributed by atoms with E-state index >= 15 is 0 Å². The molecule has 1 aliphatic heterocycles. The minimum atomic E-state index is -0.0699. The summed E-state index contributed by atoms with van der Waals surface area (Å²) in [5.41, 5.74) is 2.46. The van der Waals surface area contributed by atoms with E-state index < -0.39 is 0 Å². The summed E-state index contributed by atoms with van der Waals surface area (Å²) in [6, 6.07) is 17.1. The van der Waals surface area contributed by atoms with E-state index in [1.54, 1.807) is 10.9 Å². The van der Waals surface area contributed by atoms with Gasteiger partial charge < -0.3 is 9.64 Å². The minimum absolute atomic E-state index is 0.00596. The smallest absolute Gasteiger partial charge is 0.256 e. The number of carbonyl (C=O) groups is 1. The lowest BCUT2D eigenvalue weighted by Crippen LogP contribution is -2.46. The van der Waals surface area contributed by atoms with Crippen molar-refractivity contribution in [1.82, 2.24) is 14.7 Å². The Kier molecular flexibility index (Phi) is 5.23. The molecular weight excluding hydrogens is 362 g/mol. The largest absolute Gasteiger partial charge is 0.374 e. The zero-order valence-electron chi connectivity index (χ0n) is 14.8. The highest BCUT2D eigenvalue weighted by Gasteiger charge is 2.27. The summed E-state index contributed by atoms with van der Waals surface area (Å²) < 4.78 is 7.60. The molecule has 2 aromatic carbocycles. The summed E-state index contributed by atoms with van der Waals surface area (Å²) in [6.45, 7) is 1.63. The van der Waals surface area contributed by atoms with E-state index in [4.69, 9.17) is 16.3 Å². The van der Waals surface area contributed by atoms with Gasteiger partial charge in [0.05, 0.1) is 24.0 Å². The van der Waals surface area contributed by atoms with Crippen LogP contribution in [-0.2, 0) is 11.2 Å². The number of hydrogen-bond acceptors (Lipinski definition) is 3. The molecule has 2 heterocycles. The van der Waals surface area contributed by atoms with E-state index in [2.05, 4.69) is 5.10 Å². The quantitative estimate of drug-likeness (QED) is 0.693. The molecule has 1 amide bonds. The van der Waals surface area contributed by atoms with Crippen LogP contribution in [0.3, 0.4) is 0 Å². The molecule has 5 nitrogen and oxygen atoms in total. The van der Waals surface area contributed by atoms with Gasteiger partial charge in [-0.15, -0.1) is 0 Å². The molecule has 0 saturated carbocycles. The van der Waals surface area contributed by atoms with Crippen molar-refractivity contribution in [3.8, 4) is 5.69 Å². The third kappa shape index (κ3) is 3.89. The molecule has 138 valence electrons. The molecule has 0 unspecified atom stereocenters. The molecule has 3 aromatic rings. The molecule has 0 spiro atoms. The number of morpholine rings is 1. The average molecular weight is 382 g/mol. The van der Waals surface area contributed by atoms with Crippen LogP contribution in [0.5, 0.6) is 0 Å². The van der Waals surface area contributed by atoms with Gasteiger partial charge >= 0.3 is 0 Å².